The van der Waals surface area contributed by atoms with Crippen molar-refractivity contribution in [2.75, 3.05) is 37.8 Å². The molecule has 120 valence electrons. The number of nitrogens with one attached hydrogen (secondary N) is 2. The highest BCUT2D eigenvalue weighted by Crippen LogP contribution is 2.27. The van der Waals surface area contributed by atoms with Gasteiger partial charge in [0.05, 0.1) is 5.92 Å². The third-order valence-electron chi connectivity index (χ3n) is 3.78. The lowest BCUT2D eigenvalue weighted by Gasteiger charge is -2.17. The maximum Gasteiger partial charge on any atom is 0.227 e. The largest absolute Gasteiger partial charge is 0.356 e. The quantitative estimate of drug-likeness (QED) is 0.590. The van der Waals surface area contributed by atoms with Gasteiger partial charge in [-0.05, 0) is 50.5 Å². The van der Waals surface area contributed by atoms with Crippen molar-refractivity contribution in [2.24, 2.45) is 5.92 Å². The van der Waals surface area contributed by atoms with E-state index in [-0.39, 0.29) is 17.7 Å². The second-order valence-electron chi connectivity index (χ2n) is 5.35. The highest BCUT2D eigenvalue weighted by molar-refractivity contribution is 7.98. The number of amides is 2. The van der Waals surface area contributed by atoms with Gasteiger partial charge in [0.15, 0.2) is 0 Å². The summed E-state index contributed by atoms with van der Waals surface area (Å²) in [4.78, 5) is 27.1. The summed E-state index contributed by atoms with van der Waals surface area (Å²) in [7, 11) is 1.89. The van der Waals surface area contributed by atoms with Crippen molar-refractivity contribution in [1.29, 1.82) is 0 Å². The molecule has 0 radical (unpaired) electrons. The Labute approximate surface area is 135 Å². The standard InChI is InChI=1S/C16H23N3O2S/c1-17-8-3-9-18-16(21)12-10-15(20)19(11-12)13-4-6-14(22-2)7-5-13/h4-7,12,17H,3,8-11H2,1-2H3,(H,18,21). The van der Waals surface area contributed by atoms with Crippen LogP contribution in [0.15, 0.2) is 29.2 Å². The van der Waals surface area contributed by atoms with Gasteiger partial charge in [-0.2, -0.15) is 0 Å². The molecule has 0 saturated carbocycles. The van der Waals surface area contributed by atoms with E-state index < -0.39 is 0 Å². The second-order valence-corrected chi connectivity index (χ2v) is 6.23. The second kappa shape index (κ2) is 8.19. The zero-order valence-corrected chi connectivity index (χ0v) is 13.9. The highest BCUT2D eigenvalue weighted by atomic mass is 32.2. The molecular weight excluding hydrogens is 298 g/mol. The molecule has 2 N–H and O–H groups in total. The van der Waals surface area contributed by atoms with Crippen molar-refractivity contribution in [2.45, 2.75) is 17.7 Å². The first-order valence-electron chi connectivity index (χ1n) is 7.52. The summed E-state index contributed by atoms with van der Waals surface area (Å²) < 4.78 is 0. The molecule has 1 aromatic rings. The molecule has 2 amide bonds. The van der Waals surface area contributed by atoms with E-state index in [2.05, 4.69) is 10.6 Å². The molecule has 1 aliphatic heterocycles. The Morgan fingerprint density at radius 1 is 1.32 bits per heavy atom. The van der Waals surface area contributed by atoms with Crippen LogP contribution in [0.1, 0.15) is 12.8 Å². The molecular formula is C16H23N3O2S. The smallest absolute Gasteiger partial charge is 0.227 e. The van der Waals surface area contributed by atoms with Gasteiger partial charge in [-0.1, -0.05) is 0 Å². The fourth-order valence-electron chi connectivity index (χ4n) is 2.52. The minimum absolute atomic E-state index is 0.0206. The van der Waals surface area contributed by atoms with E-state index in [1.807, 2.05) is 37.6 Å². The summed E-state index contributed by atoms with van der Waals surface area (Å²) in [6, 6.07) is 7.88. The minimum Gasteiger partial charge on any atom is -0.356 e. The van der Waals surface area contributed by atoms with Crippen molar-refractivity contribution in [3.05, 3.63) is 24.3 Å². The van der Waals surface area contributed by atoms with Crippen LogP contribution >= 0.6 is 11.8 Å². The van der Waals surface area contributed by atoms with E-state index in [0.717, 1.165) is 23.5 Å². The normalized spacial score (nSPS) is 17.8. The number of rotatable bonds is 7. The number of carbonyl (C=O) groups excluding carboxylic acids is 2. The molecule has 1 fully saturated rings. The third kappa shape index (κ3) is 4.24. The summed E-state index contributed by atoms with van der Waals surface area (Å²) in [5.41, 5.74) is 0.869. The average Bonchev–Trinajstić information content (AvgIpc) is 2.93. The van der Waals surface area contributed by atoms with Gasteiger partial charge in [-0.15, -0.1) is 11.8 Å². The lowest BCUT2D eigenvalue weighted by molar-refractivity contribution is -0.126. The molecule has 5 nitrogen and oxygen atoms in total. The van der Waals surface area contributed by atoms with E-state index in [0.29, 0.717) is 19.5 Å². The van der Waals surface area contributed by atoms with Gasteiger partial charge in [-0.3, -0.25) is 9.59 Å². The van der Waals surface area contributed by atoms with Crippen molar-refractivity contribution in [3.8, 4) is 0 Å². The Balaban J connectivity index is 1.90. The predicted octanol–water partition coefficient (Wildman–Crippen LogP) is 1.49. The van der Waals surface area contributed by atoms with Gasteiger partial charge < -0.3 is 15.5 Å². The summed E-state index contributed by atoms with van der Waals surface area (Å²) in [6.07, 6.45) is 3.20. The van der Waals surface area contributed by atoms with Gasteiger partial charge in [0.25, 0.3) is 0 Å². The molecule has 2 rings (SSSR count). The maximum atomic E-state index is 12.2. The van der Waals surface area contributed by atoms with Crippen LogP contribution in [-0.4, -0.2) is 44.8 Å². The number of thioether (sulfide) groups is 1. The number of nitrogens with zero attached hydrogens (tertiary/aromatic N) is 1. The molecule has 1 aliphatic rings. The molecule has 0 bridgehead atoms. The first-order chi connectivity index (χ1) is 10.7. The summed E-state index contributed by atoms with van der Waals surface area (Å²) in [5.74, 6) is -0.248. The van der Waals surface area contributed by atoms with Gasteiger partial charge in [-0.25, -0.2) is 0 Å². The van der Waals surface area contributed by atoms with Crippen molar-refractivity contribution >= 4 is 29.3 Å². The number of carbonyl (C=O) groups is 2. The van der Waals surface area contributed by atoms with Crippen LogP contribution in [0.2, 0.25) is 0 Å². The zero-order chi connectivity index (χ0) is 15.9. The molecule has 1 unspecified atom stereocenters. The number of anilines is 1. The van der Waals surface area contributed by atoms with Gasteiger partial charge in [0.1, 0.15) is 0 Å². The molecule has 22 heavy (non-hydrogen) atoms. The Bertz CT molecular complexity index is 519. The highest BCUT2D eigenvalue weighted by Gasteiger charge is 2.34. The fraction of sp³-hybridized carbons (Fsp3) is 0.500. The first-order valence-corrected chi connectivity index (χ1v) is 8.75. The Hall–Kier alpha value is -1.53. The van der Waals surface area contributed by atoms with E-state index >= 15 is 0 Å². The zero-order valence-electron chi connectivity index (χ0n) is 13.1. The average molecular weight is 321 g/mol. The molecule has 1 saturated heterocycles. The molecule has 6 heteroatoms. The van der Waals surface area contributed by atoms with E-state index in [9.17, 15) is 9.59 Å². The number of benzene rings is 1. The van der Waals surface area contributed by atoms with Crippen LogP contribution in [0.4, 0.5) is 5.69 Å². The predicted molar refractivity (Wildman–Crippen MR) is 90.2 cm³/mol. The van der Waals surface area contributed by atoms with Gasteiger partial charge in [0, 0.05) is 30.1 Å². The number of hydrogen-bond acceptors (Lipinski definition) is 4. The maximum absolute atomic E-state index is 12.2. The topological polar surface area (TPSA) is 61.4 Å². The monoisotopic (exact) mass is 321 g/mol. The molecule has 1 atom stereocenters. The van der Waals surface area contributed by atoms with Crippen molar-refractivity contribution in [3.63, 3.8) is 0 Å². The molecule has 0 aliphatic carbocycles. The first kappa shape index (κ1) is 16.8. The third-order valence-corrected chi connectivity index (χ3v) is 4.53. The van der Waals surface area contributed by atoms with E-state index in [4.69, 9.17) is 0 Å². The van der Waals surface area contributed by atoms with Crippen molar-refractivity contribution in [1.82, 2.24) is 10.6 Å². The lowest BCUT2D eigenvalue weighted by Crippen LogP contribution is -2.34. The molecule has 1 aromatic carbocycles. The minimum atomic E-state index is -0.248. The van der Waals surface area contributed by atoms with Crippen LogP contribution in [0.25, 0.3) is 0 Å². The van der Waals surface area contributed by atoms with Crippen LogP contribution in [-0.2, 0) is 9.59 Å². The Morgan fingerprint density at radius 2 is 2.05 bits per heavy atom. The van der Waals surface area contributed by atoms with Crippen LogP contribution < -0.4 is 15.5 Å². The van der Waals surface area contributed by atoms with Gasteiger partial charge in [0.2, 0.25) is 11.8 Å². The van der Waals surface area contributed by atoms with Crippen LogP contribution in [0.3, 0.4) is 0 Å². The van der Waals surface area contributed by atoms with Crippen LogP contribution in [0, 0.1) is 5.92 Å². The van der Waals surface area contributed by atoms with E-state index in [1.54, 1.807) is 16.7 Å². The van der Waals surface area contributed by atoms with Gasteiger partial charge >= 0.3 is 0 Å². The summed E-state index contributed by atoms with van der Waals surface area (Å²) in [6.45, 7) is 1.99. The Kier molecular flexibility index (Phi) is 6.27. The number of hydrogen-bond donors (Lipinski definition) is 2. The summed E-state index contributed by atoms with van der Waals surface area (Å²) >= 11 is 1.67. The molecule has 0 spiro atoms. The van der Waals surface area contributed by atoms with E-state index in [1.165, 1.54) is 0 Å². The fourth-order valence-corrected chi connectivity index (χ4v) is 2.92. The summed E-state index contributed by atoms with van der Waals surface area (Å²) in [5, 5.41) is 5.95. The molecule has 1 heterocycles. The lowest BCUT2D eigenvalue weighted by atomic mass is 10.1. The SMILES string of the molecule is CNCCCNC(=O)C1CC(=O)N(c2ccc(SC)cc2)C1. The molecule has 0 aromatic heterocycles. The Morgan fingerprint density at radius 3 is 2.68 bits per heavy atom. The van der Waals surface area contributed by atoms with Crippen LogP contribution in [0.5, 0.6) is 0 Å². The van der Waals surface area contributed by atoms with Crippen molar-refractivity contribution < 1.29 is 9.59 Å².